The first-order chi connectivity index (χ1) is 10.1. The standard InChI is InChI=1S/C17H21NO3/c1-12-8-10-15(11-9-12)18-16(19)13(2)21-17(20)14-6-4-3-5-7-14/h3-4,8-11,13-14H,5-7H2,1-2H3,(H,18,19)/t13-,14-/m0/s1. The van der Waals surface area contributed by atoms with Crippen LogP contribution in [-0.4, -0.2) is 18.0 Å². The van der Waals surface area contributed by atoms with Crippen LogP contribution in [0.3, 0.4) is 0 Å². The second-order valence-corrected chi connectivity index (χ2v) is 5.42. The second-order valence-electron chi connectivity index (χ2n) is 5.42. The number of esters is 1. The zero-order valence-electron chi connectivity index (χ0n) is 12.5. The molecule has 0 radical (unpaired) electrons. The number of hydrogen-bond acceptors (Lipinski definition) is 3. The molecule has 1 aromatic carbocycles. The Morgan fingerprint density at radius 2 is 1.95 bits per heavy atom. The molecule has 112 valence electrons. The SMILES string of the molecule is Cc1ccc(NC(=O)[C@H](C)OC(=O)[C@H]2CC=CCC2)cc1. The molecule has 1 aliphatic carbocycles. The predicted octanol–water partition coefficient (Wildman–Crippen LogP) is 3.22. The number of rotatable bonds is 4. The Bertz CT molecular complexity index is 533. The van der Waals surface area contributed by atoms with Crippen molar-refractivity contribution in [1.82, 2.24) is 0 Å². The van der Waals surface area contributed by atoms with Crippen LogP contribution in [0.4, 0.5) is 5.69 Å². The Morgan fingerprint density at radius 1 is 1.24 bits per heavy atom. The number of carbonyl (C=O) groups excluding carboxylic acids is 2. The highest BCUT2D eigenvalue weighted by Gasteiger charge is 2.24. The highest BCUT2D eigenvalue weighted by Crippen LogP contribution is 2.20. The summed E-state index contributed by atoms with van der Waals surface area (Å²) in [6, 6.07) is 7.49. The zero-order valence-corrected chi connectivity index (χ0v) is 12.5. The summed E-state index contributed by atoms with van der Waals surface area (Å²) < 4.78 is 5.26. The van der Waals surface area contributed by atoms with Crippen LogP contribution < -0.4 is 5.32 Å². The van der Waals surface area contributed by atoms with E-state index < -0.39 is 6.10 Å². The number of allylic oxidation sites excluding steroid dienone is 2. The Kier molecular flexibility index (Phi) is 5.14. The van der Waals surface area contributed by atoms with Crippen molar-refractivity contribution in [2.45, 2.75) is 39.2 Å². The minimum Gasteiger partial charge on any atom is -0.452 e. The van der Waals surface area contributed by atoms with E-state index in [9.17, 15) is 9.59 Å². The Labute approximate surface area is 125 Å². The molecule has 1 N–H and O–H groups in total. The van der Waals surface area contributed by atoms with E-state index in [0.717, 1.165) is 18.4 Å². The van der Waals surface area contributed by atoms with Crippen LogP contribution in [0.1, 0.15) is 31.7 Å². The molecule has 4 heteroatoms. The maximum Gasteiger partial charge on any atom is 0.310 e. The normalized spacial score (nSPS) is 18.9. The van der Waals surface area contributed by atoms with Crippen molar-refractivity contribution in [2.24, 2.45) is 5.92 Å². The van der Waals surface area contributed by atoms with Gasteiger partial charge in [-0.15, -0.1) is 0 Å². The van der Waals surface area contributed by atoms with Crippen LogP contribution >= 0.6 is 0 Å². The fraction of sp³-hybridized carbons (Fsp3) is 0.412. The van der Waals surface area contributed by atoms with Crippen LogP contribution in [0.5, 0.6) is 0 Å². The van der Waals surface area contributed by atoms with E-state index in [0.29, 0.717) is 12.1 Å². The molecule has 0 unspecified atom stereocenters. The van der Waals surface area contributed by atoms with E-state index in [1.807, 2.05) is 37.3 Å². The van der Waals surface area contributed by atoms with Crippen molar-refractivity contribution in [2.75, 3.05) is 5.32 Å². The van der Waals surface area contributed by atoms with Crippen molar-refractivity contribution < 1.29 is 14.3 Å². The highest BCUT2D eigenvalue weighted by atomic mass is 16.5. The molecule has 1 aromatic rings. The molecule has 0 aliphatic heterocycles. The minimum atomic E-state index is -0.787. The number of carbonyl (C=O) groups is 2. The first-order valence-electron chi connectivity index (χ1n) is 7.29. The largest absolute Gasteiger partial charge is 0.452 e. The van der Waals surface area contributed by atoms with Crippen LogP contribution in [-0.2, 0) is 14.3 Å². The van der Waals surface area contributed by atoms with Gasteiger partial charge in [0, 0.05) is 5.69 Å². The molecule has 0 heterocycles. The molecule has 0 bridgehead atoms. The summed E-state index contributed by atoms with van der Waals surface area (Å²) in [4.78, 5) is 24.0. The topological polar surface area (TPSA) is 55.4 Å². The lowest BCUT2D eigenvalue weighted by atomic mass is 9.95. The van der Waals surface area contributed by atoms with Crippen LogP contribution in [0.25, 0.3) is 0 Å². The lowest BCUT2D eigenvalue weighted by molar-refractivity contribution is -0.157. The number of nitrogens with one attached hydrogen (secondary N) is 1. The Balaban J connectivity index is 1.85. The third-order valence-electron chi connectivity index (χ3n) is 3.58. The monoisotopic (exact) mass is 287 g/mol. The Morgan fingerprint density at radius 3 is 2.57 bits per heavy atom. The van der Waals surface area contributed by atoms with Gasteiger partial charge in [-0.3, -0.25) is 9.59 Å². The number of anilines is 1. The van der Waals surface area contributed by atoms with Gasteiger partial charge in [0.2, 0.25) is 0 Å². The summed E-state index contributed by atoms with van der Waals surface area (Å²) in [5.41, 5.74) is 1.83. The fourth-order valence-electron chi connectivity index (χ4n) is 2.21. The molecular formula is C17H21NO3. The van der Waals surface area contributed by atoms with Gasteiger partial charge < -0.3 is 10.1 Å². The van der Waals surface area contributed by atoms with Gasteiger partial charge in [-0.1, -0.05) is 29.8 Å². The maximum absolute atomic E-state index is 12.0. The number of amides is 1. The van der Waals surface area contributed by atoms with Gasteiger partial charge in [-0.2, -0.15) is 0 Å². The van der Waals surface area contributed by atoms with Crippen molar-refractivity contribution in [3.05, 3.63) is 42.0 Å². The van der Waals surface area contributed by atoms with E-state index in [1.165, 1.54) is 0 Å². The Hall–Kier alpha value is -2.10. The second kappa shape index (κ2) is 7.07. The van der Waals surface area contributed by atoms with Crippen LogP contribution in [0, 0.1) is 12.8 Å². The van der Waals surface area contributed by atoms with E-state index in [-0.39, 0.29) is 17.8 Å². The lowest BCUT2D eigenvalue weighted by Gasteiger charge is -2.19. The minimum absolute atomic E-state index is 0.121. The van der Waals surface area contributed by atoms with Crippen molar-refractivity contribution >= 4 is 17.6 Å². The number of benzene rings is 1. The molecular weight excluding hydrogens is 266 g/mol. The predicted molar refractivity (Wildman–Crippen MR) is 81.8 cm³/mol. The van der Waals surface area contributed by atoms with Crippen molar-refractivity contribution in [3.63, 3.8) is 0 Å². The molecule has 0 saturated heterocycles. The van der Waals surface area contributed by atoms with Crippen LogP contribution in [0.15, 0.2) is 36.4 Å². The molecule has 21 heavy (non-hydrogen) atoms. The van der Waals surface area contributed by atoms with E-state index in [2.05, 4.69) is 11.4 Å². The average Bonchev–Trinajstić information content (AvgIpc) is 2.50. The maximum atomic E-state index is 12.0. The van der Waals surface area contributed by atoms with E-state index in [1.54, 1.807) is 6.92 Å². The molecule has 1 amide bonds. The summed E-state index contributed by atoms with van der Waals surface area (Å²) in [6.45, 7) is 3.58. The van der Waals surface area contributed by atoms with Gasteiger partial charge in [0.05, 0.1) is 5.92 Å². The first kappa shape index (κ1) is 15.3. The van der Waals surface area contributed by atoms with Crippen molar-refractivity contribution in [3.8, 4) is 0 Å². The van der Waals surface area contributed by atoms with Crippen molar-refractivity contribution in [1.29, 1.82) is 0 Å². The fourth-order valence-corrected chi connectivity index (χ4v) is 2.21. The van der Waals surface area contributed by atoms with Crippen LogP contribution in [0.2, 0.25) is 0 Å². The van der Waals surface area contributed by atoms with Gasteiger partial charge in [-0.05, 0) is 45.2 Å². The molecule has 4 nitrogen and oxygen atoms in total. The summed E-state index contributed by atoms with van der Waals surface area (Å²) in [5.74, 6) is -0.714. The molecule has 0 saturated carbocycles. The first-order valence-corrected chi connectivity index (χ1v) is 7.29. The van der Waals surface area contributed by atoms with Gasteiger partial charge in [0.25, 0.3) is 5.91 Å². The summed E-state index contributed by atoms with van der Waals surface area (Å²) in [5, 5.41) is 2.75. The summed E-state index contributed by atoms with van der Waals surface area (Å²) in [7, 11) is 0. The molecule has 1 aliphatic rings. The third-order valence-corrected chi connectivity index (χ3v) is 3.58. The number of hydrogen-bond donors (Lipinski definition) is 1. The molecule has 0 fully saturated rings. The lowest BCUT2D eigenvalue weighted by Crippen LogP contribution is -2.32. The smallest absolute Gasteiger partial charge is 0.310 e. The van der Waals surface area contributed by atoms with E-state index >= 15 is 0 Å². The average molecular weight is 287 g/mol. The number of aryl methyl sites for hydroxylation is 1. The van der Waals surface area contributed by atoms with Gasteiger partial charge in [-0.25, -0.2) is 0 Å². The molecule has 0 aromatic heterocycles. The number of ether oxygens (including phenoxy) is 1. The van der Waals surface area contributed by atoms with Gasteiger partial charge in [0.15, 0.2) is 6.10 Å². The highest BCUT2D eigenvalue weighted by molar-refractivity contribution is 5.95. The molecule has 0 spiro atoms. The summed E-state index contributed by atoms with van der Waals surface area (Å²) in [6.07, 6.45) is 5.66. The van der Waals surface area contributed by atoms with Gasteiger partial charge >= 0.3 is 5.97 Å². The quantitative estimate of drug-likeness (QED) is 0.683. The molecule has 2 rings (SSSR count). The third kappa shape index (κ3) is 4.45. The summed E-state index contributed by atoms with van der Waals surface area (Å²) >= 11 is 0. The van der Waals surface area contributed by atoms with Gasteiger partial charge in [0.1, 0.15) is 0 Å². The molecule has 2 atom stereocenters. The zero-order chi connectivity index (χ0) is 15.2. The van der Waals surface area contributed by atoms with E-state index in [4.69, 9.17) is 4.74 Å².